The van der Waals surface area contributed by atoms with Crippen LogP contribution in [-0.2, 0) is 17.1 Å². The van der Waals surface area contributed by atoms with Gasteiger partial charge in [-0.25, -0.2) is 0 Å². The Bertz CT molecular complexity index is 27.5. The van der Waals surface area contributed by atoms with Crippen LogP contribution in [0.15, 0.2) is 0 Å². The average Bonchev–Trinajstić information content (AvgIpc) is 0.918. The molecule has 0 saturated carbocycles. The van der Waals surface area contributed by atoms with E-state index in [1.165, 1.54) is 6.11 Å². The van der Waals surface area contributed by atoms with Crippen LogP contribution < -0.4 is 0 Å². The van der Waals surface area contributed by atoms with Crippen molar-refractivity contribution >= 4 is 0 Å². The molecule has 0 rings (SSSR count). The van der Waals surface area contributed by atoms with E-state index in [0.29, 0.717) is 0 Å². The van der Waals surface area contributed by atoms with Gasteiger partial charge < -0.3 is 5.11 Å². The van der Waals surface area contributed by atoms with Gasteiger partial charge in [-0.3, -0.25) is 0 Å². The van der Waals surface area contributed by atoms with Crippen molar-refractivity contribution in [2.45, 2.75) is 0 Å². The molecule has 1 nitrogen and oxygen atoms in total. The third kappa shape index (κ3) is 100. The van der Waals surface area contributed by atoms with E-state index in [2.05, 4.69) is 6.42 Å². The summed E-state index contributed by atoms with van der Waals surface area (Å²) < 4.78 is 0. The third-order valence-electron chi connectivity index (χ3n) is 0. The molecule has 0 aromatic carbocycles. The Morgan fingerprint density at radius 2 is 1.75 bits per heavy atom. The molecule has 0 unspecified atom stereocenters. The Balaban J connectivity index is 0. The van der Waals surface area contributed by atoms with Crippen LogP contribution in [0.2, 0.25) is 0 Å². The van der Waals surface area contributed by atoms with Crippen molar-refractivity contribution in [3.05, 3.63) is 0 Å². The molecule has 0 aliphatic heterocycles. The summed E-state index contributed by atoms with van der Waals surface area (Å²) in [6, 6.07) is 0. The molecule has 0 bridgehead atoms. The van der Waals surface area contributed by atoms with Crippen LogP contribution in [0.3, 0.4) is 0 Å². The van der Waals surface area contributed by atoms with Gasteiger partial charge in [0.25, 0.3) is 0 Å². The largest absolute Gasteiger partial charge is 0.462 e. The van der Waals surface area contributed by atoms with Crippen LogP contribution in [0.4, 0.5) is 0 Å². The van der Waals surface area contributed by atoms with E-state index in [1.54, 1.807) is 0 Å². The molecule has 0 saturated heterocycles. The first kappa shape index (κ1) is 9.11. The molecule has 0 aromatic rings. The minimum absolute atomic E-state index is 0. The van der Waals surface area contributed by atoms with Gasteiger partial charge >= 0.3 is 0 Å². The summed E-state index contributed by atoms with van der Waals surface area (Å²) in [7, 11) is 0. The van der Waals surface area contributed by atoms with Crippen molar-refractivity contribution in [3.63, 3.8) is 0 Å². The van der Waals surface area contributed by atoms with Crippen molar-refractivity contribution < 1.29 is 22.2 Å². The standard InChI is InChI=1S/C2H2O.Cu/c1-2-3;/h1,3H;. The van der Waals surface area contributed by atoms with Crippen molar-refractivity contribution in [3.8, 4) is 12.5 Å². The van der Waals surface area contributed by atoms with Crippen LogP contribution in [0, 0.1) is 12.5 Å². The number of hydrogen-bond donors (Lipinski definition) is 1. The van der Waals surface area contributed by atoms with Crippen molar-refractivity contribution in [2.24, 2.45) is 0 Å². The first-order valence-electron chi connectivity index (χ1n) is 0.512. The summed E-state index contributed by atoms with van der Waals surface area (Å²) in [5, 5.41) is 7.10. The number of terminal acetylenes is 1. The second-order valence-corrected chi connectivity index (χ2v) is 0.129. The van der Waals surface area contributed by atoms with Gasteiger partial charge in [0.2, 0.25) is 0 Å². The van der Waals surface area contributed by atoms with Gasteiger partial charge in [-0.15, -0.1) is 0 Å². The van der Waals surface area contributed by atoms with Crippen LogP contribution in [0.5, 0.6) is 0 Å². The third-order valence-corrected chi connectivity index (χ3v) is 0. The van der Waals surface area contributed by atoms with Gasteiger partial charge in [0.1, 0.15) is 6.11 Å². The topological polar surface area (TPSA) is 20.2 Å². The molecule has 0 spiro atoms. The Labute approximate surface area is 35.5 Å². The summed E-state index contributed by atoms with van der Waals surface area (Å²) >= 11 is 0. The zero-order valence-corrected chi connectivity index (χ0v) is 2.77. The second kappa shape index (κ2) is 13.2. The molecule has 1 radical (unpaired) electrons. The molecule has 4 heavy (non-hydrogen) atoms. The minimum atomic E-state index is 0. The predicted octanol–water partition coefficient (Wildman–Crippen LogP) is -0.0529. The molecule has 0 aliphatic carbocycles. The number of hydrogen-bond acceptors (Lipinski definition) is 1. The fraction of sp³-hybridized carbons (Fsp3) is 0. The van der Waals surface area contributed by atoms with Gasteiger partial charge in [-0.2, -0.15) is 0 Å². The molecule has 2 heteroatoms. The van der Waals surface area contributed by atoms with E-state index >= 15 is 0 Å². The number of aliphatic hydroxyl groups is 1. The van der Waals surface area contributed by atoms with E-state index < -0.39 is 0 Å². The zero-order valence-electron chi connectivity index (χ0n) is 1.83. The Morgan fingerprint density at radius 1 is 1.75 bits per heavy atom. The van der Waals surface area contributed by atoms with E-state index in [0.717, 1.165) is 0 Å². The molecular formula is C2H2CuO. The molecule has 1 N–H and O–H groups in total. The SMILES string of the molecule is C#CO.[Cu]. The van der Waals surface area contributed by atoms with E-state index in [-0.39, 0.29) is 17.1 Å². The molecule has 0 fully saturated rings. The minimum Gasteiger partial charge on any atom is -0.462 e. The van der Waals surface area contributed by atoms with Crippen LogP contribution in [-0.4, -0.2) is 5.11 Å². The summed E-state index contributed by atoms with van der Waals surface area (Å²) in [6.45, 7) is 0. The predicted molar refractivity (Wildman–Crippen MR) is 10.8 cm³/mol. The smallest absolute Gasteiger partial charge is 0.103 e. The maximum absolute atomic E-state index is 7.10. The Morgan fingerprint density at radius 3 is 1.75 bits per heavy atom. The summed E-state index contributed by atoms with van der Waals surface area (Å²) in [5.41, 5.74) is 0. The second-order valence-electron chi connectivity index (χ2n) is 0.129. The maximum atomic E-state index is 7.10. The van der Waals surface area contributed by atoms with Gasteiger partial charge in [-0.1, -0.05) is 6.42 Å². The van der Waals surface area contributed by atoms with Gasteiger partial charge in [-0.05, 0) is 0 Å². The van der Waals surface area contributed by atoms with E-state index in [1.807, 2.05) is 0 Å². The summed E-state index contributed by atoms with van der Waals surface area (Å²) in [4.78, 5) is 0. The van der Waals surface area contributed by atoms with E-state index in [4.69, 9.17) is 5.11 Å². The monoisotopic (exact) mass is 105 g/mol. The van der Waals surface area contributed by atoms with Gasteiger partial charge in [0, 0.05) is 17.1 Å². The molecule has 0 atom stereocenters. The van der Waals surface area contributed by atoms with Crippen molar-refractivity contribution in [1.29, 1.82) is 0 Å². The number of rotatable bonds is 0. The molecule has 0 amide bonds. The Hall–Kier alpha value is -0.121. The first-order chi connectivity index (χ1) is 1.41. The molecule has 27 valence electrons. The first-order valence-corrected chi connectivity index (χ1v) is 0.512. The zero-order chi connectivity index (χ0) is 2.71. The van der Waals surface area contributed by atoms with Crippen molar-refractivity contribution in [1.82, 2.24) is 0 Å². The van der Waals surface area contributed by atoms with Gasteiger partial charge in [0.15, 0.2) is 0 Å². The molecule has 0 aliphatic rings. The quantitative estimate of drug-likeness (QED) is 0.338. The van der Waals surface area contributed by atoms with Crippen LogP contribution >= 0.6 is 0 Å². The number of aliphatic hydroxyl groups excluding tert-OH is 1. The summed E-state index contributed by atoms with van der Waals surface area (Å²) in [6.07, 6.45) is 5.40. The van der Waals surface area contributed by atoms with Crippen molar-refractivity contribution in [2.75, 3.05) is 0 Å². The molecule has 0 aromatic heterocycles. The van der Waals surface area contributed by atoms with E-state index in [9.17, 15) is 0 Å². The summed E-state index contributed by atoms with van der Waals surface area (Å²) in [5.74, 6) is 0. The van der Waals surface area contributed by atoms with Gasteiger partial charge in [0.05, 0.1) is 0 Å². The van der Waals surface area contributed by atoms with Crippen LogP contribution in [0.1, 0.15) is 0 Å². The fourth-order valence-corrected chi connectivity index (χ4v) is 0. The fourth-order valence-electron chi connectivity index (χ4n) is 0. The van der Waals surface area contributed by atoms with Crippen LogP contribution in [0.25, 0.3) is 0 Å². The molecule has 0 heterocycles. The average molecular weight is 106 g/mol. The Kier molecular flexibility index (Phi) is 29.9. The molecular weight excluding hydrogens is 104 g/mol. The normalized spacial score (nSPS) is 1.75. The maximum Gasteiger partial charge on any atom is 0.103 e.